The number of piperidine rings is 1. The Morgan fingerprint density at radius 1 is 1.08 bits per heavy atom. The molecule has 1 saturated carbocycles. The van der Waals surface area contributed by atoms with E-state index in [1.54, 1.807) is 6.07 Å². The lowest BCUT2D eigenvalue weighted by atomic mass is 9.57. The molecule has 138 valence electrons. The van der Waals surface area contributed by atoms with Crippen molar-refractivity contribution in [3.63, 3.8) is 0 Å². The molecule has 0 unspecified atom stereocenters. The number of hydrogen-bond acceptors (Lipinski definition) is 2. The van der Waals surface area contributed by atoms with E-state index in [4.69, 9.17) is 0 Å². The van der Waals surface area contributed by atoms with E-state index in [2.05, 4.69) is 48.2 Å². The van der Waals surface area contributed by atoms with E-state index in [9.17, 15) is 5.11 Å². The molecule has 1 N–H and O–H groups in total. The molecule has 2 aromatic carbocycles. The van der Waals surface area contributed by atoms with E-state index < -0.39 is 0 Å². The van der Waals surface area contributed by atoms with Crippen molar-refractivity contribution >= 4 is 0 Å². The van der Waals surface area contributed by atoms with Crippen molar-refractivity contribution < 1.29 is 5.11 Å². The normalized spacial score (nSPS) is 29.3. The van der Waals surface area contributed by atoms with Gasteiger partial charge in [0, 0.05) is 18.5 Å². The van der Waals surface area contributed by atoms with Crippen molar-refractivity contribution in [3.8, 4) is 5.75 Å². The highest BCUT2D eigenvalue weighted by Gasteiger charge is 2.47. The zero-order valence-electron chi connectivity index (χ0n) is 15.9. The predicted molar refractivity (Wildman–Crippen MR) is 107 cm³/mol. The van der Waals surface area contributed by atoms with Crippen LogP contribution in [0.15, 0.2) is 54.6 Å². The van der Waals surface area contributed by atoms with Crippen LogP contribution in [0.1, 0.15) is 43.7 Å². The monoisotopic (exact) mass is 349 g/mol. The summed E-state index contributed by atoms with van der Waals surface area (Å²) in [7, 11) is 0. The average Bonchev–Trinajstić information content (AvgIpc) is 2.67. The summed E-state index contributed by atoms with van der Waals surface area (Å²) in [5, 5.41) is 10.0. The Labute approximate surface area is 157 Å². The molecular formula is C24H31NO. The van der Waals surface area contributed by atoms with Crippen molar-refractivity contribution in [3.05, 3.63) is 65.7 Å². The number of benzene rings is 2. The smallest absolute Gasteiger partial charge is 0.115 e. The second-order valence-corrected chi connectivity index (χ2v) is 8.58. The number of aromatic hydroxyl groups is 1. The molecule has 0 spiro atoms. The predicted octanol–water partition coefficient (Wildman–Crippen LogP) is 5.01. The largest absolute Gasteiger partial charge is 0.508 e. The van der Waals surface area contributed by atoms with Gasteiger partial charge in [0.15, 0.2) is 0 Å². The third-order valence-corrected chi connectivity index (χ3v) is 6.84. The molecule has 0 amide bonds. The standard InChI is InChI=1S/C24H31NO/c1-19-10-11-22-18-25(14-12-20-6-3-2-4-7-20)15-13-24(22,17-19)21-8-5-9-23(26)16-21/h2-9,16,19,22,26H,10-15,17-18H2,1H3/t19-,22-,24-/m0/s1. The second kappa shape index (κ2) is 7.44. The lowest BCUT2D eigenvalue weighted by molar-refractivity contribution is 0.0390. The van der Waals surface area contributed by atoms with Gasteiger partial charge in [-0.05, 0) is 67.3 Å². The highest BCUT2D eigenvalue weighted by atomic mass is 16.3. The van der Waals surface area contributed by atoms with Crippen LogP contribution in [0.4, 0.5) is 0 Å². The number of likely N-dealkylation sites (tertiary alicyclic amines) is 1. The molecule has 1 saturated heterocycles. The summed E-state index contributed by atoms with van der Waals surface area (Å²) in [4.78, 5) is 2.68. The maximum Gasteiger partial charge on any atom is 0.115 e. The minimum atomic E-state index is 0.264. The van der Waals surface area contributed by atoms with Crippen molar-refractivity contribution in [2.75, 3.05) is 19.6 Å². The summed E-state index contributed by atoms with van der Waals surface area (Å²) >= 11 is 0. The van der Waals surface area contributed by atoms with Crippen LogP contribution in [0, 0.1) is 11.8 Å². The third-order valence-electron chi connectivity index (χ3n) is 6.84. The molecule has 0 aromatic heterocycles. The van der Waals surface area contributed by atoms with Gasteiger partial charge < -0.3 is 10.0 Å². The fourth-order valence-electron chi connectivity index (χ4n) is 5.43. The summed E-state index contributed by atoms with van der Waals surface area (Å²) in [6, 6.07) is 19.0. The number of hydrogen-bond donors (Lipinski definition) is 1. The number of rotatable bonds is 4. The lowest BCUT2D eigenvalue weighted by Gasteiger charge is -2.53. The quantitative estimate of drug-likeness (QED) is 0.838. The molecule has 26 heavy (non-hydrogen) atoms. The Bertz CT molecular complexity index is 728. The number of fused-ring (bicyclic) bond motifs is 1. The molecule has 2 fully saturated rings. The van der Waals surface area contributed by atoms with E-state index in [-0.39, 0.29) is 5.41 Å². The second-order valence-electron chi connectivity index (χ2n) is 8.58. The minimum Gasteiger partial charge on any atom is -0.508 e. The summed E-state index contributed by atoms with van der Waals surface area (Å²) in [5.41, 5.74) is 3.07. The molecule has 2 aliphatic rings. The van der Waals surface area contributed by atoms with Gasteiger partial charge in [-0.15, -0.1) is 0 Å². The molecule has 2 nitrogen and oxygen atoms in total. The third kappa shape index (κ3) is 3.53. The van der Waals surface area contributed by atoms with Gasteiger partial charge in [-0.1, -0.05) is 55.8 Å². The van der Waals surface area contributed by atoms with Gasteiger partial charge in [0.2, 0.25) is 0 Å². The van der Waals surface area contributed by atoms with E-state index in [0.717, 1.165) is 18.9 Å². The summed E-state index contributed by atoms with van der Waals surface area (Å²) in [6.07, 6.45) is 6.30. The fraction of sp³-hybridized carbons (Fsp3) is 0.500. The first-order valence-electron chi connectivity index (χ1n) is 10.2. The SMILES string of the molecule is C[C@H]1CC[C@H]2CN(CCc3ccccc3)CC[C@@]2(c2cccc(O)c2)C1. The summed E-state index contributed by atoms with van der Waals surface area (Å²) < 4.78 is 0. The van der Waals surface area contributed by atoms with Crippen LogP contribution >= 0.6 is 0 Å². The van der Waals surface area contributed by atoms with Gasteiger partial charge in [0.1, 0.15) is 5.75 Å². The highest BCUT2D eigenvalue weighted by molar-refractivity contribution is 5.35. The van der Waals surface area contributed by atoms with Gasteiger partial charge in [-0.3, -0.25) is 0 Å². The van der Waals surface area contributed by atoms with Crippen LogP contribution in [-0.2, 0) is 11.8 Å². The highest BCUT2D eigenvalue weighted by Crippen LogP contribution is 2.51. The van der Waals surface area contributed by atoms with Gasteiger partial charge in [0.25, 0.3) is 0 Å². The van der Waals surface area contributed by atoms with Crippen LogP contribution in [0.2, 0.25) is 0 Å². The molecule has 0 radical (unpaired) electrons. The summed E-state index contributed by atoms with van der Waals surface area (Å²) in [6.45, 7) is 5.94. The van der Waals surface area contributed by atoms with Crippen LogP contribution in [0.5, 0.6) is 5.75 Å². The fourth-order valence-corrected chi connectivity index (χ4v) is 5.43. The first kappa shape index (κ1) is 17.6. The number of phenolic OH excluding ortho intramolecular Hbond substituents is 1. The topological polar surface area (TPSA) is 23.5 Å². The Hall–Kier alpha value is -1.80. The van der Waals surface area contributed by atoms with Crippen molar-refractivity contribution in [2.24, 2.45) is 11.8 Å². The minimum absolute atomic E-state index is 0.264. The molecule has 4 rings (SSSR count). The van der Waals surface area contributed by atoms with E-state index in [1.807, 2.05) is 12.1 Å². The lowest BCUT2D eigenvalue weighted by Crippen LogP contribution is -2.52. The van der Waals surface area contributed by atoms with Crippen LogP contribution in [0.3, 0.4) is 0 Å². The average molecular weight is 350 g/mol. The van der Waals surface area contributed by atoms with E-state index in [1.165, 1.54) is 49.9 Å². The van der Waals surface area contributed by atoms with Crippen molar-refractivity contribution in [2.45, 2.75) is 44.4 Å². The molecule has 1 aliphatic carbocycles. The van der Waals surface area contributed by atoms with Crippen molar-refractivity contribution in [1.82, 2.24) is 4.90 Å². The zero-order valence-corrected chi connectivity index (χ0v) is 15.9. The Morgan fingerprint density at radius 2 is 1.92 bits per heavy atom. The molecule has 3 atom stereocenters. The first-order valence-corrected chi connectivity index (χ1v) is 10.2. The van der Waals surface area contributed by atoms with E-state index in [0.29, 0.717) is 11.7 Å². The maximum atomic E-state index is 10.0. The first-order chi connectivity index (χ1) is 12.7. The molecule has 2 heteroatoms. The molecule has 1 heterocycles. The molecule has 0 bridgehead atoms. The number of phenols is 1. The maximum absolute atomic E-state index is 10.0. The van der Waals surface area contributed by atoms with Crippen LogP contribution < -0.4 is 0 Å². The van der Waals surface area contributed by atoms with Crippen LogP contribution in [0.25, 0.3) is 0 Å². The van der Waals surface area contributed by atoms with Crippen LogP contribution in [-0.4, -0.2) is 29.6 Å². The van der Waals surface area contributed by atoms with Gasteiger partial charge in [-0.25, -0.2) is 0 Å². The molecular weight excluding hydrogens is 318 g/mol. The molecule has 1 aliphatic heterocycles. The Kier molecular flexibility index (Phi) is 5.04. The van der Waals surface area contributed by atoms with Crippen molar-refractivity contribution in [1.29, 1.82) is 0 Å². The zero-order chi connectivity index (χ0) is 18.0. The van der Waals surface area contributed by atoms with Gasteiger partial charge in [-0.2, -0.15) is 0 Å². The number of nitrogens with zero attached hydrogens (tertiary/aromatic N) is 1. The Balaban J connectivity index is 1.50. The molecule has 2 aromatic rings. The van der Waals surface area contributed by atoms with Gasteiger partial charge >= 0.3 is 0 Å². The van der Waals surface area contributed by atoms with Gasteiger partial charge in [0.05, 0.1) is 0 Å². The van der Waals surface area contributed by atoms with E-state index >= 15 is 0 Å². The summed E-state index contributed by atoms with van der Waals surface area (Å²) in [5.74, 6) is 1.91. The Morgan fingerprint density at radius 3 is 2.73 bits per heavy atom.